The van der Waals surface area contributed by atoms with E-state index in [-0.39, 0.29) is 0 Å². The molecule has 0 aliphatic heterocycles. The summed E-state index contributed by atoms with van der Waals surface area (Å²) in [5.41, 5.74) is 0.515. The molecule has 2 aromatic rings. The van der Waals surface area contributed by atoms with Crippen LogP contribution in [-0.4, -0.2) is 15.7 Å². The molecule has 1 aromatic carbocycles. The number of rotatable bonds is 2. The van der Waals surface area contributed by atoms with Gasteiger partial charge in [0.05, 0.1) is 11.8 Å². The van der Waals surface area contributed by atoms with Crippen LogP contribution in [0.5, 0.6) is 0 Å². The number of hydrogen-bond acceptors (Lipinski definition) is 3. The van der Waals surface area contributed by atoms with Crippen LogP contribution in [0.25, 0.3) is 0 Å². The standard InChI is InChI=1S/C10H8N2O2/c13-10(9-4-2-1-3-5-9)14-12-7-6-11-8-12/h1-8H. The zero-order valence-electron chi connectivity index (χ0n) is 7.33. The molecule has 0 radical (unpaired) electrons. The first-order chi connectivity index (χ1) is 6.86. The van der Waals surface area contributed by atoms with Crippen LogP contribution in [0.4, 0.5) is 0 Å². The molecule has 0 bridgehead atoms. The number of imidazole rings is 1. The minimum absolute atomic E-state index is 0.399. The second-order valence-corrected chi connectivity index (χ2v) is 2.67. The van der Waals surface area contributed by atoms with Crippen LogP contribution in [-0.2, 0) is 0 Å². The zero-order valence-corrected chi connectivity index (χ0v) is 7.33. The van der Waals surface area contributed by atoms with Crippen molar-refractivity contribution < 1.29 is 9.63 Å². The number of aromatic nitrogens is 2. The molecule has 70 valence electrons. The average Bonchev–Trinajstić information content (AvgIpc) is 2.72. The van der Waals surface area contributed by atoms with Gasteiger partial charge in [0.1, 0.15) is 6.33 Å². The fraction of sp³-hybridized carbons (Fsp3) is 0. The first kappa shape index (κ1) is 8.50. The van der Waals surface area contributed by atoms with E-state index in [0.717, 1.165) is 0 Å². The van der Waals surface area contributed by atoms with Crippen LogP contribution < -0.4 is 4.84 Å². The van der Waals surface area contributed by atoms with E-state index >= 15 is 0 Å². The number of carbonyl (C=O) groups is 1. The Bertz CT molecular complexity index is 409. The normalized spacial score (nSPS) is 9.71. The summed E-state index contributed by atoms with van der Waals surface area (Å²) in [5.74, 6) is -0.399. The maximum absolute atomic E-state index is 11.4. The van der Waals surface area contributed by atoms with Crippen molar-refractivity contribution in [3.05, 3.63) is 54.6 Å². The van der Waals surface area contributed by atoms with Crippen LogP contribution in [0.15, 0.2) is 49.1 Å². The number of nitrogens with zero attached hydrogens (tertiary/aromatic N) is 2. The van der Waals surface area contributed by atoms with Gasteiger partial charge in [-0.1, -0.05) is 18.2 Å². The van der Waals surface area contributed by atoms with Crippen molar-refractivity contribution in [1.82, 2.24) is 9.71 Å². The smallest absolute Gasteiger partial charge is 0.330 e. The highest BCUT2D eigenvalue weighted by Gasteiger charge is 2.06. The van der Waals surface area contributed by atoms with Gasteiger partial charge in [-0.3, -0.25) is 0 Å². The summed E-state index contributed by atoms with van der Waals surface area (Å²) in [6.45, 7) is 0. The molecular formula is C10H8N2O2. The first-order valence-corrected chi connectivity index (χ1v) is 4.12. The molecule has 0 fully saturated rings. The van der Waals surface area contributed by atoms with E-state index in [4.69, 9.17) is 4.84 Å². The Labute approximate surface area is 80.7 Å². The largest absolute Gasteiger partial charge is 0.363 e. The molecule has 0 atom stereocenters. The lowest BCUT2D eigenvalue weighted by Gasteiger charge is -2.02. The highest BCUT2D eigenvalue weighted by Crippen LogP contribution is 1.98. The van der Waals surface area contributed by atoms with Crippen LogP contribution in [0.2, 0.25) is 0 Å². The van der Waals surface area contributed by atoms with Gasteiger partial charge in [-0.2, -0.15) is 4.73 Å². The monoisotopic (exact) mass is 188 g/mol. The summed E-state index contributed by atoms with van der Waals surface area (Å²) in [4.78, 5) is 20.2. The Morgan fingerprint density at radius 1 is 1.29 bits per heavy atom. The van der Waals surface area contributed by atoms with E-state index < -0.39 is 5.97 Å². The maximum atomic E-state index is 11.4. The van der Waals surface area contributed by atoms with Gasteiger partial charge in [-0.25, -0.2) is 9.78 Å². The van der Waals surface area contributed by atoms with E-state index in [1.807, 2.05) is 6.07 Å². The number of carbonyl (C=O) groups excluding carboxylic acids is 1. The lowest BCUT2D eigenvalue weighted by molar-refractivity contribution is 0.0460. The van der Waals surface area contributed by atoms with Gasteiger partial charge in [-0.15, -0.1) is 0 Å². The second kappa shape index (κ2) is 3.74. The van der Waals surface area contributed by atoms with Crippen LogP contribution in [0.1, 0.15) is 10.4 Å². The lowest BCUT2D eigenvalue weighted by atomic mass is 10.2. The molecule has 0 aliphatic carbocycles. The molecular weight excluding hydrogens is 180 g/mol. The minimum atomic E-state index is -0.399. The molecule has 0 saturated carbocycles. The Morgan fingerprint density at radius 3 is 2.71 bits per heavy atom. The lowest BCUT2D eigenvalue weighted by Crippen LogP contribution is -2.18. The molecule has 14 heavy (non-hydrogen) atoms. The Kier molecular flexibility index (Phi) is 2.27. The number of benzene rings is 1. The van der Waals surface area contributed by atoms with Crippen molar-refractivity contribution in [2.24, 2.45) is 0 Å². The average molecular weight is 188 g/mol. The van der Waals surface area contributed by atoms with Gasteiger partial charge in [0.15, 0.2) is 0 Å². The Morgan fingerprint density at radius 2 is 2.07 bits per heavy atom. The van der Waals surface area contributed by atoms with E-state index in [1.54, 1.807) is 30.5 Å². The fourth-order valence-electron chi connectivity index (χ4n) is 1.02. The molecule has 0 saturated heterocycles. The van der Waals surface area contributed by atoms with E-state index in [2.05, 4.69) is 4.98 Å². The summed E-state index contributed by atoms with van der Waals surface area (Å²) >= 11 is 0. The predicted octanol–water partition coefficient (Wildman–Crippen LogP) is 1.15. The van der Waals surface area contributed by atoms with Gasteiger partial charge in [0, 0.05) is 6.20 Å². The molecule has 0 spiro atoms. The van der Waals surface area contributed by atoms with Gasteiger partial charge in [0.2, 0.25) is 0 Å². The van der Waals surface area contributed by atoms with Gasteiger partial charge < -0.3 is 4.84 Å². The molecule has 0 N–H and O–H groups in total. The quantitative estimate of drug-likeness (QED) is 0.710. The molecule has 4 nitrogen and oxygen atoms in total. The Balaban J connectivity index is 2.11. The van der Waals surface area contributed by atoms with E-state index in [0.29, 0.717) is 5.56 Å². The third-order valence-corrected chi connectivity index (χ3v) is 1.68. The molecule has 1 heterocycles. The molecule has 4 heteroatoms. The van der Waals surface area contributed by atoms with Crippen molar-refractivity contribution in [3.63, 3.8) is 0 Å². The third kappa shape index (κ3) is 1.80. The highest BCUT2D eigenvalue weighted by atomic mass is 16.7. The Hall–Kier alpha value is -2.10. The van der Waals surface area contributed by atoms with Gasteiger partial charge in [-0.05, 0) is 12.1 Å². The van der Waals surface area contributed by atoms with Crippen molar-refractivity contribution in [2.75, 3.05) is 0 Å². The SMILES string of the molecule is O=C(On1ccnc1)c1ccccc1. The first-order valence-electron chi connectivity index (χ1n) is 4.12. The van der Waals surface area contributed by atoms with E-state index in [9.17, 15) is 4.79 Å². The minimum Gasteiger partial charge on any atom is -0.330 e. The van der Waals surface area contributed by atoms with E-state index in [1.165, 1.54) is 17.3 Å². The van der Waals surface area contributed by atoms with Crippen LogP contribution in [0.3, 0.4) is 0 Å². The summed E-state index contributed by atoms with van der Waals surface area (Å²) < 4.78 is 1.26. The molecule has 1 aromatic heterocycles. The van der Waals surface area contributed by atoms with Crippen molar-refractivity contribution in [2.45, 2.75) is 0 Å². The summed E-state index contributed by atoms with van der Waals surface area (Å²) in [6.07, 6.45) is 4.51. The summed E-state index contributed by atoms with van der Waals surface area (Å²) in [7, 11) is 0. The van der Waals surface area contributed by atoms with Crippen molar-refractivity contribution >= 4 is 5.97 Å². The highest BCUT2D eigenvalue weighted by molar-refractivity contribution is 5.89. The maximum Gasteiger partial charge on any atom is 0.363 e. The second-order valence-electron chi connectivity index (χ2n) is 2.67. The van der Waals surface area contributed by atoms with Gasteiger partial charge >= 0.3 is 5.97 Å². The van der Waals surface area contributed by atoms with Crippen LogP contribution in [0, 0.1) is 0 Å². The third-order valence-electron chi connectivity index (χ3n) is 1.68. The predicted molar refractivity (Wildman–Crippen MR) is 49.6 cm³/mol. The molecule has 2 rings (SSSR count). The van der Waals surface area contributed by atoms with Crippen molar-refractivity contribution in [3.8, 4) is 0 Å². The zero-order chi connectivity index (χ0) is 9.80. The molecule has 0 unspecified atom stereocenters. The topological polar surface area (TPSA) is 44.1 Å². The number of hydrogen-bond donors (Lipinski definition) is 0. The summed E-state index contributed by atoms with van der Waals surface area (Å²) in [6, 6.07) is 8.79. The van der Waals surface area contributed by atoms with Crippen molar-refractivity contribution in [1.29, 1.82) is 0 Å². The molecule has 0 amide bonds. The molecule has 0 aliphatic rings. The van der Waals surface area contributed by atoms with Gasteiger partial charge in [0.25, 0.3) is 0 Å². The van der Waals surface area contributed by atoms with Crippen LogP contribution >= 0.6 is 0 Å². The fourth-order valence-corrected chi connectivity index (χ4v) is 1.02. The summed E-state index contributed by atoms with van der Waals surface area (Å²) in [5, 5.41) is 0.